The zero-order valence-corrected chi connectivity index (χ0v) is 13.7. The van der Waals surface area contributed by atoms with Crippen LogP contribution in [0.1, 0.15) is 33.0 Å². The Morgan fingerprint density at radius 3 is 2.78 bits per heavy atom. The fourth-order valence-corrected chi connectivity index (χ4v) is 2.78. The summed E-state index contributed by atoms with van der Waals surface area (Å²) in [6.45, 7) is 2.84. The molecule has 0 radical (unpaired) electrons. The smallest absolute Gasteiger partial charge is 0.345 e. The Morgan fingerprint density at radius 1 is 1.26 bits per heavy atom. The van der Waals surface area contributed by atoms with E-state index in [1.807, 2.05) is 31.2 Å². The molecule has 0 saturated heterocycles. The molecule has 0 spiro atoms. The number of benzene rings is 1. The average molecular weight is 333 g/mol. The van der Waals surface area contributed by atoms with E-state index in [9.17, 15) is 9.59 Å². The number of nitrogens with one attached hydrogen (secondary N) is 1. The first-order chi connectivity index (χ1) is 11.0. The minimum Gasteiger partial charge on any atom is -0.494 e. The van der Waals surface area contributed by atoms with Gasteiger partial charge in [-0.25, -0.2) is 4.79 Å². The lowest BCUT2D eigenvalue weighted by Crippen LogP contribution is -2.22. The van der Waals surface area contributed by atoms with Crippen molar-refractivity contribution >= 4 is 23.2 Å². The molecule has 0 unspecified atom stereocenters. The maximum absolute atomic E-state index is 11.7. The highest BCUT2D eigenvalue weighted by atomic mass is 32.1. The molecule has 0 bridgehead atoms. The minimum absolute atomic E-state index is 0.0666. The summed E-state index contributed by atoms with van der Waals surface area (Å²) in [6.07, 6.45) is 1.01. The average Bonchev–Trinajstić information content (AvgIpc) is 2.99. The SMILES string of the molecule is Cc1cccc(OCCCC(=O)NCc2ccc(C(=O)O)s2)c1. The molecule has 0 saturated carbocycles. The number of aryl methyl sites for hydroxylation is 1. The topological polar surface area (TPSA) is 75.6 Å². The summed E-state index contributed by atoms with van der Waals surface area (Å²) in [7, 11) is 0. The lowest BCUT2D eigenvalue weighted by molar-refractivity contribution is -0.121. The molecule has 2 rings (SSSR count). The maximum Gasteiger partial charge on any atom is 0.345 e. The summed E-state index contributed by atoms with van der Waals surface area (Å²) >= 11 is 1.17. The molecule has 0 fully saturated rings. The quantitative estimate of drug-likeness (QED) is 0.727. The molecule has 6 heteroatoms. The number of aromatic carboxylic acids is 1. The Hall–Kier alpha value is -2.34. The first kappa shape index (κ1) is 17.0. The van der Waals surface area contributed by atoms with Crippen LogP contribution in [0.3, 0.4) is 0 Å². The number of carboxylic acids is 1. The van der Waals surface area contributed by atoms with Crippen LogP contribution in [0, 0.1) is 6.92 Å². The van der Waals surface area contributed by atoms with Crippen LogP contribution in [0.4, 0.5) is 0 Å². The number of ether oxygens (including phenoxy) is 1. The van der Waals surface area contributed by atoms with Gasteiger partial charge >= 0.3 is 5.97 Å². The van der Waals surface area contributed by atoms with Crippen LogP contribution >= 0.6 is 11.3 Å². The largest absolute Gasteiger partial charge is 0.494 e. The van der Waals surface area contributed by atoms with Crippen LogP contribution in [-0.2, 0) is 11.3 Å². The van der Waals surface area contributed by atoms with Crippen molar-refractivity contribution < 1.29 is 19.4 Å². The molecule has 23 heavy (non-hydrogen) atoms. The molecule has 0 aliphatic rings. The van der Waals surface area contributed by atoms with Crippen LogP contribution in [0.2, 0.25) is 0 Å². The van der Waals surface area contributed by atoms with Crippen molar-refractivity contribution in [1.29, 1.82) is 0 Å². The molecule has 0 atom stereocenters. The normalized spacial score (nSPS) is 10.3. The minimum atomic E-state index is -0.944. The van der Waals surface area contributed by atoms with Gasteiger partial charge in [-0.3, -0.25) is 4.79 Å². The molecular formula is C17H19NO4S. The van der Waals surface area contributed by atoms with E-state index in [2.05, 4.69) is 5.32 Å². The maximum atomic E-state index is 11.7. The van der Waals surface area contributed by atoms with Gasteiger partial charge in [-0.1, -0.05) is 12.1 Å². The second-order valence-corrected chi connectivity index (χ2v) is 6.28. The van der Waals surface area contributed by atoms with Crippen molar-refractivity contribution in [3.8, 4) is 5.75 Å². The van der Waals surface area contributed by atoms with Gasteiger partial charge in [-0.2, -0.15) is 0 Å². The van der Waals surface area contributed by atoms with Crippen LogP contribution < -0.4 is 10.1 Å². The summed E-state index contributed by atoms with van der Waals surface area (Å²) in [5.41, 5.74) is 1.14. The number of amides is 1. The van der Waals surface area contributed by atoms with Gasteiger partial charge in [0.15, 0.2) is 0 Å². The molecule has 0 aliphatic carbocycles. The summed E-state index contributed by atoms with van der Waals surface area (Å²) in [5.74, 6) is -0.200. The molecule has 122 valence electrons. The number of carbonyl (C=O) groups is 2. The van der Waals surface area contributed by atoms with Crippen molar-refractivity contribution in [2.24, 2.45) is 0 Å². The molecule has 1 heterocycles. The Kier molecular flexibility index (Phi) is 6.17. The van der Waals surface area contributed by atoms with E-state index in [1.54, 1.807) is 12.1 Å². The molecular weight excluding hydrogens is 314 g/mol. The van der Waals surface area contributed by atoms with Crippen molar-refractivity contribution in [1.82, 2.24) is 5.32 Å². The zero-order valence-electron chi connectivity index (χ0n) is 12.9. The second kappa shape index (κ2) is 8.33. The van der Waals surface area contributed by atoms with Crippen LogP contribution in [0.15, 0.2) is 36.4 Å². The molecule has 5 nitrogen and oxygen atoms in total. The Morgan fingerprint density at radius 2 is 2.09 bits per heavy atom. The summed E-state index contributed by atoms with van der Waals surface area (Å²) in [4.78, 5) is 23.6. The first-order valence-corrected chi connectivity index (χ1v) is 8.14. The fourth-order valence-electron chi connectivity index (χ4n) is 1.99. The molecule has 1 aromatic carbocycles. The van der Waals surface area contributed by atoms with Gasteiger partial charge < -0.3 is 15.2 Å². The van der Waals surface area contributed by atoms with Gasteiger partial charge in [0, 0.05) is 11.3 Å². The Bertz CT molecular complexity index is 681. The predicted molar refractivity (Wildman–Crippen MR) is 89.0 cm³/mol. The van der Waals surface area contributed by atoms with Gasteiger partial charge in [0.05, 0.1) is 13.2 Å². The zero-order chi connectivity index (χ0) is 16.7. The number of hydrogen-bond acceptors (Lipinski definition) is 4. The number of carbonyl (C=O) groups excluding carboxylic acids is 1. The van der Waals surface area contributed by atoms with Crippen molar-refractivity contribution in [2.45, 2.75) is 26.3 Å². The number of rotatable bonds is 8. The first-order valence-electron chi connectivity index (χ1n) is 7.33. The monoisotopic (exact) mass is 333 g/mol. The van der Waals surface area contributed by atoms with Gasteiger partial charge in [0.25, 0.3) is 0 Å². The van der Waals surface area contributed by atoms with Gasteiger partial charge in [0.2, 0.25) is 5.91 Å². The van der Waals surface area contributed by atoms with Gasteiger partial charge in [0.1, 0.15) is 10.6 Å². The highest BCUT2D eigenvalue weighted by Gasteiger charge is 2.08. The van der Waals surface area contributed by atoms with E-state index >= 15 is 0 Å². The van der Waals surface area contributed by atoms with Gasteiger partial charge in [-0.05, 0) is 43.2 Å². The predicted octanol–water partition coefficient (Wildman–Crippen LogP) is 3.23. The number of thiophene rings is 1. The fraction of sp³-hybridized carbons (Fsp3) is 0.294. The van der Waals surface area contributed by atoms with Crippen LogP contribution in [0.5, 0.6) is 5.75 Å². The van der Waals surface area contributed by atoms with E-state index in [0.29, 0.717) is 26.0 Å². The molecule has 2 aromatic rings. The van der Waals surface area contributed by atoms with E-state index < -0.39 is 5.97 Å². The summed E-state index contributed by atoms with van der Waals surface area (Å²) in [5, 5.41) is 11.6. The highest BCUT2D eigenvalue weighted by Crippen LogP contribution is 2.16. The molecule has 1 aromatic heterocycles. The third-order valence-corrected chi connectivity index (χ3v) is 4.21. The van der Waals surface area contributed by atoms with Crippen molar-refractivity contribution in [3.63, 3.8) is 0 Å². The van der Waals surface area contributed by atoms with E-state index in [4.69, 9.17) is 9.84 Å². The van der Waals surface area contributed by atoms with E-state index in [1.165, 1.54) is 11.3 Å². The molecule has 2 N–H and O–H groups in total. The van der Waals surface area contributed by atoms with E-state index in [0.717, 1.165) is 16.2 Å². The Labute approximate surface area is 138 Å². The standard InChI is InChI=1S/C17H19NO4S/c1-12-4-2-5-13(10-12)22-9-3-6-16(19)18-11-14-7-8-15(23-14)17(20)21/h2,4-5,7-8,10H,3,6,9,11H2,1H3,(H,18,19)(H,20,21). The summed E-state index contributed by atoms with van der Waals surface area (Å²) < 4.78 is 5.59. The number of carboxylic acid groups (broad SMARTS) is 1. The third kappa shape index (κ3) is 5.75. The second-order valence-electron chi connectivity index (χ2n) is 5.12. The van der Waals surface area contributed by atoms with Crippen LogP contribution in [-0.4, -0.2) is 23.6 Å². The molecule has 1 amide bonds. The van der Waals surface area contributed by atoms with Crippen molar-refractivity contribution in [3.05, 3.63) is 51.7 Å². The molecule has 0 aliphatic heterocycles. The summed E-state index contributed by atoms with van der Waals surface area (Å²) in [6, 6.07) is 11.0. The lowest BCUT2D eigenvalue weighted by Gasteiger charge is -2.07. The highest BCUT2D eigenvalue weighted by molar-refractivity contribution is 7.13. The lowest BCUT2D eigenvalue weighted by atomic mass is 10.2. The van der Waals surface area contributed by atoms with E-state index in [-0.39, 0.29) is 10.8 Å². The van der Waals surface area contributed by atoms with Crippen molar-refractivity contribution in [2.75, 3.05) is 6.61 Å². The third-order valence-electron chi connectivity index (χ3n) is 3.14. The van der Waals surface area contributed by atoms with Gasteiger partial charge in [-0.15, -0.1) is 11.3 Å². The Balaban J connectivity index is 1.64. The van der Waals surface area contributed by atoms with Crippen LogP contribution in [0.25, 0.3) is 0 Å². The number of hydrogen-bond donors (Lipinski definition) is 2.